The molecule has 0 fully saturated rings. The second kappa shape index (κ2) is 6.77. The third-order valence-corrected chi connectivity index (χ3v) is 4.80. The Kier molecular flexibility index (Phi) is 4.31. The molecule has 0 amide bonds. The van der Waals surface area contributed by atoms with Crippen molar-refractivity contribution in [2.24, 2.45) is 0 Å². The van der Waals surface area contributed by atoms with Crippen molar-refractivity contribution in [2.75, 3.05) is 7.11 Å². The van der Waals surface area contributed by atoms with Gasteiger partial charge in [-0.05, 0) is 41.8 Å². The second-order valence-electron chi connectivity index (χ2n) is 6.67. The molecule has 4 rings (SSSR count). The standard InChI is InChI=1S/C21H21N3O2/c1-15(25)17-3-4-18-11-23(12-19(18)9-17)14-24-13-20(10-22-24)16-5-7-21(26-2)8-6-16/h3-10,13H,11-12,14H2,1-2H3. The van der Waals surface area contributed by atoms with Crippen LogP contribution in [0, 0.1) is 0 Å². The molecule has 0 bridgehead atoms. The Morgan fingerprint density at radius 1 is 1.08 bits per heavy atom. The molecule has 26 heavy (non-hydrogen) atoms. The van der Waals surface area contributed by atoms with Gasteiger partial charge in [0.1, 0.15) is 5.75 Å². The van der Waals surface area contributed by atoms with Gasteiger partial charge in [0.25, 0.3) is 0 Å². The lowest BCUT2D eigenvalue weighted by Gasteiger charge is -2.14. The molecular weight excluding hydrogens is 326 g/mol. The Bertz CT molecular complexity index is 944. The van der Waals surface area contributed by atoms with Crippen LogP contribution in [0.3, 0.4) is 0 Å². The van der Waals surface area contributed by atoms with Crippen LogP contribution in [0.15, 0.2) is 54.9 Å². The fraction of sp³-hybridized carbons (Fsp3) is 0.238. The summed E-state index contributed by atoms with van der Waals surface area (Å²) < 4.78 is 7.16. The number of fused-ring (bicyclic) bond motifs is 1. The van der Waals surface area contributed by atoms with E-state index in [0.717, 1.165) is 42.2 Å². The van der Waals surface area contributed by atoms with E-state index in [9.17, 15) is 4.79 Å². The molecule has 2 aromatic carbocycles. The predicted octanol–water partition coefficient (Wildman–Crippen LogP) is 3.73. The Balaban J connectivity index is 1.45. The lowest BCUT2D eigenvalue weighted by molar-refractivity contribution is 0.101. The lowest BCUT2D eigenvalue weighted by Crippen LogP contribution is -2.20. The number of hydrogen-bond donors (Lipinski definition) is 0. The largest absolute Gasteiger partial charge is 0.497 e. The minimum absolute atomic E-state index is 0.113. The van der Waals surface area contributed by atoms with Gasteiger partial charge in [-0.15, -0.1) is 0 Å². The van der Waals surface area contributed by atoms with E-state index in [1.165, 1.54) is 11.1 Å². The van der Waals surface area contributed by atoms with Crippen molar-refractivity contribution < 1.29 is 9.53 Å². The number of hydrogen-bond acceptors (Lipinski definition) is 4. The van der Waals surface area contributed by atoms with Crippen LogP contribution in [0.5, 0.6) is 5.75 Å². The van der Waals surface area contributed by atoms with Gasteiger partial charge in [-0.2, -0.15) is 5.10 Å². The average Bonchev–Trinajstić information content (AvgIpc) is 3.27. The van der Waals surface area contributed by atoms with Crippen LogP contribution in [0.2, 0.25) is 0 Å². The van der Waals surface area contributed by atoms with Gasteiger partial charge in [0, 0.05) is 30.4 Å². The highest BCUT2D eigenvalue weighted by Crippen LogP contribution is 2.26. The first-order valence-corrected chi connectivity index (χ1v) is 8.64. The predicted molar refractivity (Wildman–Crippen MR) is 99.9 cm³/mol. The molecule has 0 saturated carbocycles. The molecule has 1 aliphatic heterocycles. The van der Waals surface area contributed by atoms with Crippen molar-refractivity contribution in [1.82, 2.24) is 14.7 Å². The van der Waals surface area contributed by atoms with Crippen LogP contribution in [0.4, 0.5) is 0 Å². The fourth-order valence-electron chi connectivity index (χ4n) is 3.36. The number of ketones is 1. The normalized spacial score (nSPS) is 13.6. The first-order valence-electron chi connectivity index (χ1n) is 8.64. The molecule has 1 aliphatic rings. The molecule has 5 heteroatoms. The third-order valence-electron chi connectivity index (χ3n) is 4.80. The minimum atomic E-state index is 0.113. The van der Waals surface area contributed by atoms with E-state index >= 15 is 0 Å². The molecular formula is C21H21N3O2. The summed E-state index contributed by atoms with van der Waals surface area (Å²) in [5.41, 5.74) is 5.51. The zero-order chi connectivity index (χ0) is 18.1. The van der Waals surface area contributed by atoms with Crippen molar-refractivity contribution in [3.05, 3.63) is 71.5 Å². The van der Waals surface area contributed by atoms with Gasteiger partial charge in [-0.3, -0.25) is 14.4 Å². The number of benzene rings is 2. The van der Waals surface area contributed by atoms with Crippen LogP contribution < -0.4 is 4.74 Å². The number of carbonyl (C=O) groups is 1. The molecule has 2 heterocycles. The number of rotatable bonds is 5. The average molecular weight is 347 g/mol. The van der Waals surface area contributed by atoms with E-state index < -0.39 is 0 Å². The van der Waals surface area contributed by atoms with Crippen molar-refractivity contribution >= 4 is 5.78 Å². The Morgan fingerprint density at radius 2 is 1.85 bits per heavy atom. The van der Waals surface area contributed by atoms with Gasteiger partial charge in [-0.1, -0.05) is 24.3 Å². The number of aromatic nitrogens is 2. The maximum atomic E-state index is 11.6. The summed E-state index contributed by atoms with van der Waals surface area (Å²) in [6.07, 6.45) is 3.95. The van der Waals surface area contributed by atoms with Crippen LogP contribution in [0.1, 0.15) is 28.4 Å². The molecule has 0 atom stereocenters. The number of carbonyl (C=O) groups excluding carboxylic acids is 1. The third kappa shape index (κ3) is 3.26. The highest BCUT2D eigenvalue weighted by atomic mass is 16.5. The smallest absolute Gasteiger partial charge is 0.159 e. The fourth-order valence-corrected chi connectivity index (χ4v) is 3.36. The maximum Gasteiger partial charge on any atom is 0.159 e. The Hall–Kier alpha value is -2.92. The van der Waals surface area contributed by atoms with Crippen LogP contribution in [-0.4, -0.2) is 27.6 Å². The minimum Gasteiger partial charge on any atom is -0.497 e. The van der Waals surface area contributed by atoms with E-state index in [0.29, 0.717) is 0 Å². The summed E-state index contributed by atoms with van der Waals surface area (Å²) in [6, 6.07) is 14.0. The molecule has 132 valence electrons. The van der Waals surface area contributed by atoms with Crippen LogP contribution in [0.25, 0.3) is 11.1 Å². The van der Waals surface area contributed by atoms with Gasteiger partial charge in [-0.25, -0.2) is 0 Å². The molecule has 5 nitrogen and oxygen atoms in total. The molecule has 1 aromatic heterocycles. The van der Waals surface area contributed by atoms with E-state index in [-0.39, 0.29) is 5.78 Å². The van der Waals surface area contributed by atoms with E-state index in [4.69, 9.17) is 4.74 Å². The van der Waals surface area contributed by atoms with E-state index in [1.807, 2.05) is 47.3 Å². The summed E-state index contributed by atoms with van der Waals surface area (Å²) in [6.45, 7) is 4.05. The number of nitrogens with zero attached hydrogens (tertiary/aromatic N) is 3. The monoisotopic (exact) mass is 347 g/mol. The summed E-state index contributed by atoms with van der Waals surface area (Å²) >= 11 is 0. The Labute approximate surface area is 152 Å². The summed E-state index contributed by atoms with van der Waals surface area (Å²) in [5, 5.41) is 4.50. The highest BCUT2D eigenvalue weighted by molar-refractivity contribution is 5.94. The quantitative estimate of drug-likeness (QED) is 0.660. The molecule has 0 radical (unpaired) electrons. The van der Waals surface area contributed by atoms with Crippen molar-refractivity contribution in [3.63, 3.8) is 0 Å². The van der Waals surface area contributed by atoms with Gasteiger partial charge in [0.15, 0.2) is 5.78 Å². The summed E-state index contributed by atoms with van der Waals surface area (Å²) in [7, 11) is 1.67. The molecule has 0 N–H and O–H groups in total. The molecule has 3 aromatic rings. The van der Waals surface area contributed by atoms with Crippen molar-refractivity contribution in [1.29, 1.82) is 0 Å². The van der Waals surface area contributed by atoms with Crippen LogP contribution >= 0.6 is 0 Å². The summed E-state index contributed by atoms with van der Waals surface area (Å²) in [5.74, 6) is 0.961. The molecule has 0 aliphatic carbocycles. The number of ether oxygens (including phenoxy) is 1. The van der Waals surface area contributed by atoms with Gasteiger partial charge in [0.05, 0.1) is 20.0 Å². The van der Waals surface area contributed by atoms with Crippen molar-refractivity contribution in [3.8, 4) is 16.9 Å². The number of Topliss-reactive ketones (excluding diaryl/α,β-unsaturated/α-hetero) is 1. The van der Waals surface area contributed by atoms with Crippen LogP contribution in [-0.2, 0) is 19.8 Å². The highest BCUT2D eigenvalue weighted by Gasteiger charge is 2.20. The summed E-state index contributed by atoms with van der Waals surface area (Å²) in [4.78, 5) is 13.9. The van der Waals surface area contributed by atoms with Gasteiger partial charge < -0.3 is 4.74 Å². The first kappa shape index (κ1) is 16.5. The molecule has 0 spiro atoms. The SMILES string of the molecule is COc1ccc(-c2cnn(CN3Cc4ccc(C(C)=O)cc4C3)c2)cc1. The van der Waals surface area contributed by atoms with Gasteiger partial charge in [0.2, 0.25) is 0 Å². The zero-order valence-electron chi connectivity index (χ0n) is 15.0. The number of methoxy groups -OCH3 is 1. The van der Waals surface area contributed by atoms with Gasteiger partial charge >= 0.3 is 0 Å². The van der Waals surface area contributed by atoms with E-state index in [1.54, 1.807) is 14.0 Å². The molecule has 0 saturated heterocycles. The topological polar surface area (TPSA) is 47.4 Å². The van der Waals surface area contributed by atoms with Crippen molar-refractivity contribution in [2.45, 2.75) is 26.7 Å². The maximum absolute atomic E-state index is 11.6. The second-order valence-corrected chi connectivity index (χ2v) is 6.67. The van der Waals surface area contributed by atoms with E-state index in [2.05, 4.69) is 22.3 Å². The Morgan fingerprint density at radius 3 is 2.58 bits per heavy atom. The lowest BCUT2D eigenvalue weighted by atomic mass is 10.0. The molecule has 0 unspecified atom stereocenters. The zero-order valence-corrected chi connectivity index (χ0v) is 15.0. The first-order chi connectivity index (χ1) is 12.6.